The van der Waals surface area contributed by atoms with Gasteiger partial charge in [0.15, 0.2) is 0 Å². The van der Waals surface area contributed by atoms with Gasteiger partial charge in [0, 0.05) is 0 Å². The van der Waals surface area contributed by atoms with Crippen molar-refractivity contribution in [2.75, 3.05) is 16.8 Å². The fourth-order valence-electron chi connectivity index (χ4n) is 2.59. The third-order valence-corrected chi connectivity index (χ3v) is 4.18. The summed E-state index contributed by atoms with van der Waals surface area (Å²) in [5, 5.41) is 12.2. The second kappa shape index (κ2) is 7.51. The predicted octanol–water partition coefficient (Wildman–Crippen LogP) is 3.00. The average molecular weight is 387 g/mol. The molecular weight excluding hydrogens is 372 g/mol. The number of nitrogens with zero attached hydrogens (tertiary/aromatic N) is 1. The van der Waals surface area contributed by atoms with E-state index in [-0.39, 0.29) is 40.0 Å². The number of imide groups is 1. The molecule has 3 rings (SSSR count). The van der Waals surface area contributed by atoms with Crippen molar-refractivity contribution in [1.29, 1.82) is 0 Å². The van der Waals surface area contributed by atoms with Gasteiger partial charge < -0.3 is 15.2 Å². The number of halogens is 1. The zero-order valence-electron chi connectivity index (χ0n) is 14.2. The highest BCUT2D eigenvalue weighted by Crippen LogP contribution is 2.33. The van der Waals surface area contributed by atoms with Gasteiger partial charge in [0.25, 0.3) is 11.8 Å². The van der Waals surface area contributed by atoms with Crippen LogP contribution in [0.5, 0.6) is 5.75 Å². The number of phenols is 1. The second-order valence-corrected chi connectivity index (χ2v) is 5.89. The van der Waals surface area contributed by atoms with E-state index in [1.165, 1.54) is 24.3 Å². The summed E-state index contributed by atoms with van der Waals surface area (Å²) in [6.07, 6.45) is 0. The van der Waals surface area contributed by atoms with Gasteiger partial charge in [-0.1, -0.05) is 35.9 Å². The minimum atomic E-state index is -0.781. The number of carbonyl (C=O) groups is 3. The molecular formula is C19H15ClN2O5. The lowest BCUT2D eigenvalue weighted by Gasteiger charge is -2.18. The lowest BCUT2D eigenvalue weighted by Crippen LogP contribution is -2.33. The van der Waals surface area contributed by atoms with E-state index >= 15 is 0 Å². The molecule has 7 nitrogen and oxygen atoms in total. The maximum Gasteiger partial charge on any atom is 0.340 e. The predicted molar refractivity (Wildman–Crippen MR) is 99.5 cm³/mol. The van der Waals surface area contributed by atoms with Gasteiger partial charge in [-0.2, -0.15) is 0 Å². The molecule has 0 aromatic heterocycles. The Labute approximate surface area is 159 Å². The zero-order chi connectivity index (χ0) is 19.6. The Bertz CT molecular complexity index is 970. The van der Waals surface area contributed by atoms with Crippen molar-refractivity contribution < 1.29 is 24.2 Å². The first-order valence-electron chi connectivity index (χ1n) is 8.05. The van der Waals surface area contributed by atoms with Crippen molar-refractivity contribution in [3.05, 3.63) is 64.8 Å². The monoisotopic (exact) mass is 386 g/mol. The molecule has 0 fully saturated rings. The van der Waals surface area contributed by atoms with Crippen molar-refractivity contribution in [3.8, 4) is 5.75 Å². The van der Waals surface area contributed by atoms with E-state index in [9.17, 15) is 19.5 Å². The van der Waals surface area contributed by atoms with E-state index in [0.717, 1.165) is 4.90 Å². The van der Waals surface area contributed by atoms with E-state index in [0.29, 0.717) is 0 Å². The number of anilines is 2. The first kappa shape index (κ1) is 18.5. The third-order valence-electron chi connectivity index (χ3n) is 3.83. The quantitative estimate of drug-likeness (QED) is 0.466. The molecule has 138 valence electrons. The van der Waals surface area contributed by atoms with Crippen molar-refractivity contribution in [2.45, 2.75) is 6.92 Å². The average Bonchev–Trinajstić information content (AvgIpc) is 2.87. The summed E-state index contributed by atoms with van der Waals surface area (Å²) in [7, 11) is 0. The molecule has 2 N–H and O–H groups in total. The summed E-state index contributed by atoms with van der Waals surface area (Å²) in [6.45, 7) is 1.80. The van der Waals surface area contributed by atoms with E-state index in [1.54, 1.807) is 31.2 Å². The van der Waals surface area contributed by atoms with Crippen LogP contribution < -0.4 is 10.2 Å². The summed E-state index contributed by atoms with van der Waals surface area (Å²) >= 11 is 6.07. The molecule has 1 aliphatic heterocycles. The number of para-hydroxylation sites is 3. The molecule has 0 atom stereocenters. The van der Waals surface area contributed by atoms with Crippen molar-refractivity contribution >= 4 is 40.8 Å². The SMILES string of the molecule is CCOC(=O)c1ccccc1N1C(=O)C(Cl)=C(Nc2ccccc2O)C1=O. The van der Waals surface area contributed by atoms with E-state index in [1.807, 2.05) is 0 Å². The molecule has 0 radical (unpaired) electrons. The molecule has 0 unspecified atom stereocenters. The van der Waals surface area contributed by atoms with E-state index < -0.39 is 17.8 Å². The number of aromatic hydroxyl groups is 1. The molecule has 1 heterocycles. The number of amides is 2. The van der Waals surface area contributed by atoms with Crippen LogP contribution in [0.4, 0.5) is 11.4 Å². The van der Waals surface area contributed by atoms with Crippen LogP contribution in [0.25, 0.3) is 0 Å². The molecule has 2 aromatic rings. The Morgan fingerprint density at radius 2 is 1.78 bits per heavy atom. The minimum Gasteiger partial charge on any atom is -0.506 e. The zero-order valence-corrected chi connectivity index (χ0v) is 15.0. The Morgan fingerprint density at radius 3 is 2.48 bits per heavy atom. The number of carbonyl (C=O) groups excluding carboxylic acids is 3. The van der Waals surface area contributed by atoms with Crippen LogP contribution in [0.1, 0.15) is 17.3 Å². The topological polar surface area (TPSA) is 95.9 Å². The summed E-state index contributed by atoms with van der Waals surface area (Å²) in [6, 6.07) is 12.3. The highest BCUT2D eigenvalue weighted by Gasteiger charge is 2.40. The smallest absolute Gasteiger partial charge is 0.340 e. The Hall–Kier alpha value is -3.32. The lowest BCUT2D eigenvalue weighted by molar-refractivity contribution is -0.120. The summed E-state index contributed by atoms with van der Waals surface area (Å²) in [4.78, 5) is 38.4. The summed E-state index contributed by atoms with van der Waals surface area (Å²) in [5.41, 5.74) is 0.154. The van der Waals surface area contributed by atoms with Gasteiger partial charge in [-0.3, -0.25) is 9.59 Å². The van der Waals surface area contributed by atoms with Gasteiger partial charge in [0.1, 0.15) is 16.5 Å². The van der Waals surface area contributed by atoms with E-state index in [4.69, 9.17) is 16.3 Å². The molecule has 0 saturated heterocycles. The maximum atomic E-state index is 12.8. The number of phenolic OH excluding ortho intramolecular Hbond substituents is 1. The Morgan fingerprint density at radius 1 is 1.11 bits per heavy atom. The van der Waals surface area contributed by atoms with Gasteiger partial charge >= 0.3 is 5.97 Å². The fraction of sp³-hybridized carbons (Fsp3) is 0.105. The van der Waals surface area contributed by atoms with Crippen molar-refractivity contribution in [3.63, 3.8) is 0 Å². The number of rotatable bonds is 5. The molecule has 0 bridgehead atoms. The lowest BCUT2D eigenvalue weighted by atomic mass is 10.1. The molecule has 27 heavy (non-hydrogen) atoms. The van der Waals surface area contributed by atoms with Crippen molar-refractivity contribution in [2.24, 2.45) is 0 Å². The summed E-state index contributed by atoms with van der Waals surface area (Å²) < 4.78 is 4.98. The van der Waals surface area contributed by atoms with Crippen LogP contribution in [0.3, 0.4) is 0 Å². The summed E-state index contributed by atoms with van der Waals surface area (Å²) in [5.74, 6) is -2.30. The maximum absolute atomic E-state index is 12.8. The highest BCUT2D eigenvalue weighted by molar-refractivity contribution is 6.53. The number of hydrogen-bond donors (Lipinski definition) is 2. The number of benzene rings is 2. The van der Waals surface area contributed by atoms with Gasteiger partial charge in [0.05, 0.1) is 23.5 Å². The third kappa shape index (κ3) is 3.37. The number of nitrogens with one attached hydrogen (secondary N) is 1. The van der Waals surface area contributed by atoms with Crippen LogP contribution in [-0.2, 0) is 14.3 Å². The first-order valence-corrected chi connectivity index (χ1v) is 8.43. The van der Waals surface area contributed by atoms with Crippen LogP contribution in [-0.4, -0.2) is 29.5 Å². The number of esters is 1. The fourth-order valence-corrected chi connectivity index (χ4v) is 2.81. The standard InChI is InChI=1S/C19H15ClN2O5/c1-2-27-19(26)11-7-3-5-9-13(11)22-17(24)15(20)16(18(22)25)21-12-8-4-6-10-14(12)23/h3-10,21,23H,2H2,1H3. The molecule has 0 aliphatic carbocycles. The Kier molecular flexibility index (Phi) is 5.14. The Balaban J connectivity index is 1.98. The molecule has 1 aliphatic rings. The molecule has 0 spiro atoms. The minimum absolute atomic E-state index is 0.0642. The second-order valence-electron chi connectivity index (χ2n) is 5.51. The highest BCUT2D eigenvalue weighted by atomic mass is 35.5. The number of hydrogen-bond acceptors (Lipinski definition) is 6. The molecule has 2 amide bonds. The van der Waals surface area contributed by atoms with Crippen LogP contribution in [0.2, 0.25) is 0 Å². The van der Waals surface area contributed by atoms with Crippen LogP contribution >= 0.6 is 11.6 Å². The molecule has 0 saturated carbocycles. The number of ether oxygens (including phenoxy) is 1. The van der Waals surface area contributed by atoms with Gasteiger partial charge in [-0.15, -0.1) is 0 Å². The largest absolute Gasteiger partial charge is 0.506 e. The van der Waals surface area contributed by atoms with Crippen LogP contribution in [0.15, 0.2) is 59.3 Å². The van der Waals surface area contributed by atoms with Gasteiger partial charge in [0.2, 0.25) is 0 Å². The first-order chi connectivity index (χ1) is 13.0. The van der Waals surface area contributed by atoms with Crippen LogP contribution in [0, 0.1) is 0 Å². The van der Waals surface area contributed by atoms with E-state index in [2.05, 4.69) is 5.32 Å². The van der Waals surface area contributed by atoms with Gasteiger partial charge in [-0.05, 0) is 31.2 Å². The van der Waals surface area contributed by atoms with Crippen molar-refractivity contribution in [1.82, 2.24) is 0 Å². The van der Waals surface area contributed by atoms with Gasteiger partial charge in [-0.25, -0.2) is 9.69 Å². The normalized spacial score (nSPS) is 13.9. The molecule has 2 aromatic carbocycles. The molecule has 8 heteroatoms.